The molecule has 2 aromatic rings. The van der Waals surface area contributed by atoms with Gasteiger partial charge in [0.05, 0.1) is 11.1 Å². The predicted octanol–water partition coefficient (Wildman–Crippen LogP) is 2.65. The summed E-state index contributed by atoms with van der Waals surface area (Å²) < 4.78 is 6.27. The van der Waals surface area contributed by atoms with Crippen molar-refractivity contribution in [2.75, 3.05) is 6.61 Å². The van der Waals surface area contributed by atoms with Crippen LogP contribution < -0.4 is 4.74 Å². The first kappa shape index (κ1) is 12.0. The number of halogens is 1. The molecule has 4 nitrogen and oxygen atoms in total. The molecule has 2 aromatic heterocycles. The van der Waals surface area contributed by atoms with Crippen molar-refractivity contribution in [3.63, 3.8) is 0 Å². The van der Waals surface area contributed by atoms with Gasteiger partial charge in [-0.15, -0.1) is 0 Å². The number of aromatic nitrogens is 3. The van der Waals surface area contributed by atoms with Crippen molar-refractivity contribution in [2.45, 2.75) is 12.8 Å². The third-order valence-corrected chi connectivity index (χ3v) is 2.60. The molecule has 2 rings (SSSR count). The zero-order valence-electron chi connectivity index (χ0n) is 9.21. The Morgan fingerprint density at radius 2 is 1.82 bits per heavy atom. The summed E-state index contributed by atoms with van der Waals surface area (Å²) in [5.74, 6) is 0. The molecular weight excluding hydrogens is 282 g/mol. The molecule has 0 aromatic carbocycles. The van der Waals surface area contributed by atoms with Crippen molar-refractivity contribution in [2.24, 2.45) is 0 Å². The molecule has 2 heterocycles. The maximum Gasteiger partial charge on any atom is 0.316 e. The topological polar surface area (TPSA) is 47.9 Å². The minimum Gasteiger partial charge on any atom is -0.463 e. The van der Waals surface area contributed by atoms with E-state index in [1.165, 1.54) is 5.56 Å². The second-order valence-electron chi connectivity index (χ2n) is 3.49. The molecule has 0 fully saturated rings. The second kappa shape index (κ2) is 6.30. The zero-order valence-corrected chi connectivity index (χ0v) is 10.8. The molecule has 0 N–H and O–H groups in total. The molecule has 0 radical (unpaired) electrons. The van der Waals surface area contributed by atoms with Gasteiger partial charge >= 0.3 is 6.01 Å². The van der Waals surface area contributed by atoms with E-state index in [9.17, 15) is 0 Å². The third kappa shape index (κ3) is 4.11. The fourth-order valence-corrected chi connectivity index (χ4v) is 1.57. The van der Waals surface area contributed by atoms with Crippen LogP contribution in [0.5, 0.6) is 6.01 Å². The number of ether oxygens (including phenoxy) is 1. The van der Waals surface area contributed by atoms with E-state index in [2.05, 4.69) is 30.9 Å². The highest BCUT2D eigenvalue weighted by Crippen LogP contribution is 2.08. The number of hydrogen-bond acceptors (Lipinski definition) is 4. The van der Waals surface area contributed by atoms with Gasteiger partial charge in [-0.05, 0) is 46.5 Å². The van der Waals surface area contributed by atoms with Crippen molar-refractivity contribution in [1.82, 2.24) is 15.0 Å². The highest BCUT2D eigenvalue weighted by molar-refractivity contribution is 9.10. The molecule has 0 spiro atoms. The lowest BCUT2D eigenvalue weighted by Gasteiger charge is -2.03. The smallest absolute Gasteiger partial charge is 0.316 e. The minimum absolute atomic E-state index is 0.419. The maximum absolute atomic E-state index is 5.42. The van der Waals surface area contributed by atoms with Crippen LogP contribution in [0.1, 0.15) is 12.0 Å². The van der Waals surface area contributed by atoms with Gasteiger partial charge in [-0.2, -0.15) is 0 Å². The molecule has 88 valence electrons. The van der Waals surface area contributed by atoms with Crippen molar-refractivity contribution in [3.8, 4) is 6.01 Å². The number of nitrogens with zero attached hydrogens (tertiary/aromatic N) is 3. The predicted molar refractivity (Wildman–Crippen MR) is 67.8 cm³/mol. The van der Waals surface area contributed by atoms with Crippen LogP contribution in [0.3, 0.4) is 0 Å². The first-order valence-electron chi connectivity index (χ1n) is 5.34. The molecule has 5 heteroatoms. The SMILES string of the molecule is Brc1cnc(OCCCc2ccncc2)nc1. The Bertz CT molecular complexity index is 447. The lowest BCUT2D eigenvalue weighted by Crippen LogP contribution is -2.02. The number of aryl methyl sites for hydroxylation is 1. The average Bonchev–Trinajstić information content (AvgIpc) is 2.38. The average molecular weight is 294 g/mol. The van der Waals surface area contributed by atoms with Crippen LogP contribution >= 0.6 is 15.9 Å². The molecule has 0 amide bonds. The van der Waals surface area contributed by atoms with Gasteiger partial charge in [0.2, 0.25) is 0 Å². The monoisotopic (exact) mass is 293 g/mol. The van der Waals surface area contributed by atoms with Gasteiger partial charge in [0, 0.05) is 24.8 Å². The van der Waals surface area contributed by atoms with Crippen LogP contribution in [0.2, 0.25) is 0 Å². The molecule has 0 aliphatic heterocycles. The Kier molecular flexibility index (Phi) is 4.44. The summed E-state index contributed by atoms with van der Waals surface area (Å²) in [6, 6.07) is 4.44. The molecule has 0 bridgehead atoms. The van der Waals surface area contributed by atoms with Gasteiger partial charge in [0.25, 0.3) is 0 Å². The lowest BCUT2D eigenvalue weighted by atomic mass is 10.1. The summed E-state index contributed by atoms with van der Waals surface area (Å²) in [6.07, 6.45) is 8.85. The van der Waals surface area contributed by atoms with E-state index in [4.69, 9.17) is 4.74 Å². The maximum atomic E-state index is 5.42. The summed E-state index contributed by atoms with van der Waals surface area (Å²) >= 11 is 3.27. The van der Waals surface area contributed by atoms with E-state index in [1.54, 1.807) is 24.8 Å². The fourth-order valence-electron chi connectivity index (χ4n) is 1.36. The fraction of sp³-hybridized carbons (Fsp3) is 0.250. The molecule has 0 saturated carbocycles. The van der Waals surface area contributed by atoms with Crippen LogP contribution in [0, 0.1) is 0 Å². The van der Waals surface area contributed by atoms with E-state index in [-0.39, 0.29) is 0 Å². The highest BCUT2D eigenvalue weighted by atomic mass is 79.9. The largest absolute Gasteiger partial charge is 0.463 e. The Morgan fingerprint density at radius 3 is 2.53 bits per heavy atom. The summed E-state index contributed by atoms with van der Waals surface area (Å²) in [6.45, 7) is 0.615. The summed E-state index contributed by atoms with van der Waals surface area (Å²) in [5.41, 5.74) is 1.26. The van der Waals surface area contributed by atoms with E-state index in [0.717, 1.165) is 17.3 Å². The molecule has 0 unspecified atom stereocenters. The highest BCUT2D eigenvalue weighted by Gasteiger charge is 1.97. The number of hydrogen-bond donors (Lipinski definition) is 0. The second-order valence-corrected chi connectivity index (χ2v) is 4.41. The third-order valence-electron chi connectivity index (χ3n) is 2.19. The van der Waals surface area contributed by atoms with Gasteiger partial charge in [0.15, 0.2) is 0 Å². The molecule has 0 saturated heterocycles. The van der Waals surface area contributed by atoms with E-state index >= 15 is 0 Å². The number of rotatable bonds is 5. The molecule has 0 atom stereocenters. The van der Waals surface area contributed by atoms with E-state index in [0.29, 0.717) is 12.6 Å². The zero-order chi connectivity index (χ0) is 11.9. The summed E-state index contributed by atoms with van der Waals surface area (Å²) in [7, 11) is 0. The Morgan fingerprint density at radius 1 is 1.12 bits per heavy atom. The first-order chi connectivity index (χ1) is 8.34. The normalized spacial score (nSPS) is 10.2. The molecular formula is C12H12BrN3O. The molecule has 0 aliphatic rings. The van der Waals surface area contributed by atoms with Crippen molar-refractivity contribution >= 4 is 15.9 Å². The van der Waals surface area contributed by atoms with Gasteiger partial charge in [0.1, 0.15) is 0 Å². The Balaban J connectivity index is 1.71. The summed E-state index contributed by atoms with van der Waals surface area (Å²) in [4.78, 5) is 12.0. The van der Waals surface area contributed by atoms with Gasteiger partial charge in [-0.1, -0.05) is 0 Å². The number of pyridine rings is 1. The van der Waals surface area contributed by atoms with Gasteiger partial charge < -0.3 is 4.74 Å². The quantitative estimate of drug-likeness (QED) is 0.795. The first-order valence-corrected chi connectivity index (χ1v) is 6.13. The van der Waals surface area contributed by atoms with Crippen LogP contribution in [0.4, 0.5) is 0 Å². The van der Waals surface area contributed by atoms with Crippen LogP contribution in [-0.4, -0.2) is 21.6 Å². The van der Waals surface area contributed by atoms with Crippen molar-refractivity contribution in [1.29, 1.82) is 0 Å². The molecule has 0 aliphatic carbocycles. The van der Waals surface area contributed by atoms with E-state index < -0.39 is 0 Å². The van der Waals surface area contributed by atoms with Gasteiger partial charge in [-0.25, -0.2) is 9.97 Å². The summed E-state index contributed by atoms with van der Waals surface area (Å²) in [5, 5.41) is 0. The standard InChI is InChI=1S/C12H12BrN3O/c13-11-8-15-12(16-9-11)17-7-1-2-10-3-5-14-6-4-10/h3-6,8-9H,1-2,7H2. The van der Waals surface area contributed by atoms with Crippen molar-refractivity contribution < 1.29 is 4.74 Å². The Hall–Kier alpha value is -1.49. The Labute approximate surface area is 108 Å². The van der Waals surface area contributed by atoms with Crippen molar-refractivity contribution in [3.05, 3.63) is 47.0 Å². The minimum atomic E-state index is 0.419. The molecule has 17 heavy (non-hydrogen) atoms. The van der Waals surface area contributed by atoms with Crippen LogP contribution in [0.15, 0.2) is 41.4 Å². The van der Waals surface area contributed by atoms with Crippen LogP contribution in [0.25, 0.3) is 0 Å². The van der Waals surface area contributed by atoms with Gasteiger partial charge in [-0.3, -0.25) is 4.98 Å². The lowest BCUT2D eigenvalue weighted by molar-refractivity contribution is 0.286. The van der Waals surface area contributed by atoms with E-state index in [1.807, 2.05) is 12.1 Å². The van der Waals surface area contributed by atoms with Crippen LogP contribution in [-0.2, 0) is 6.42 Å².